The van der Waals surface area contributed by atoms with Crippen LogP contribution in [0.2, 0.25) is 0 Å². The molecule has 2 aromatic rings. The quantitative estimate of drug-likeness (QED) is 0.944. The van der Waals surface area contributed by atoms with Gasteiger partial charge >= 0.3 is 0 Å². The molecule has 0 aliphatic heterocycles. The standard InChI is InChI=1S/C12H14BrN3S/c1-2-11-12(17-16-15-11)10(14)7-8-3-5-9(13)6-4-8/h3-6,10H,2,7,14H2,1H3. The summed E-state index contributed by atoms with van der Waals surface area (Å²) in [7, 11) is 0. The Labute approximate surface area is 113 Å². The molecule has 2 rings (SSSR count). The van der Waals surface area contributed by atoms with Crippen LogP contribution in [-0.4, -0.2) is 9.59 Å². The van der Waals surface area contributed by atoms with Crippen LogP contribution in [0.1, 0.15) is 29.1 Å². The lowest BCUT2D eigenvalue weighted by Gasteiger charge is -2.10. The second kappa shape index (κ2) is 5.71. The molecule has 0 bridgehead atoms. The van der Waals surface area contributed by atoms with Gasteiger partial charge in [0.2, 0.25) is 0 Å². The molecule has 0 saturated heterocycles. The van der Waals surface area contributed by atoms with Crippen molar-refractivity contribution >= 4 is 27.5 Å². The molecule has 3 nitrogen and oxygen atoms in total. The van der Waals surface area contributed by atoms with Crippen molar-refractivity contribution in [2.24, 2.45) is 5.73 Å². The van der Waals surface area contributed by atoms with Crippen LogP contribution in [0.3, 0.4) is 0 Å². The number of halogens is 1. The first-order valence-electron chi connectivity index (χ1n) is 5.52. The number of rotatable bonds is 4. The lowest BCUT2D eigenvalue weighted by atomic mass is 10.0. The molecule has 5 heteroatoms. The van der Waals surface area contributed by atoms with Crippen LogP contribution in [0.15, 0.2) is 28.7 Å². The summed E-state index contributed by atoms with van der Waals surface area (Å²) >= 11 is 4.83. The molecule has 0 fully saturated rings. The average Bonchev–Trinajstić information content (AvgIpc) is 2.80. The van der Waals surface area contributed by atoms with Gasteiger partial charge in [-0.1, -0.05) is 39.5 Å². The third-order valence-corrected chi connectivity index (χ3v) is 4.05. The molecule has 2 N–H and O–H groups in total. The average molecular weight is 312 g/mol. The number of nitrogens with zero attached hydrogens (tertiary/aromatic N) is 2. The zero-order valence-corrected chi connectivity index (χ0v) is 12.0. The molecule has 1 atom stereocenters. The summed E-state index contributed by atoms with van der Waals surface area (Å²) in [5.74, 6) is 0. The van der Waals surface area contributed by atoms with E-state index in [4.69, 9.17) is 5.73 Å². The molecule has 0 aliphatic carbocycles. The van der Waals surface area contributed by atoms with Gasteiger partial charge in [0, 0.05) is 10.5 Å². The van der Waals surface area contributed by atoms with Gasteiger partial charge in [0.15, 0.2) is 0 Å². The van der Waals surface area contributed by atoms with Crippen LogP contribution in [0.25, 0.3) is 0 Å². The SMILES string of the molecule is CCc1nnsc1C(N)Cc1ccc(Br)cc1. The van der Waals surface area contributed by atoms with E-state index in [-0.39, 0.29) is 6.04 Å². The van der Waals surface area contributed by atoms with Crippen molar-refractivity contribution in [1.82, 2.24) is 9.59 Å². The Hall–Kier alpha value is -0.780. The molecular weight excluding hydrogens is 298 g/mol. The summed E-state index contributed by atoms with van der Waals surface area (Å²) in [5.41, 5.74) is 8.46. The molecule has 0 saturated carbocycles. The Morgan fingerprint density at radius 1 is 1.35 bits per heavy atom. The Morgan fingerprint density at radius 3 is 2.71 bits per heavy atom. The van der Waals surface area contributed by atoms with Crippen molar-refractivity contribution < 1.29 is 0 Å². The fourth-order valence-electron chi connectivity index (χ4n) is 1.71. The van der Waals surface area contributed by atoms with Crippen molar-refractivity contribution in [3.63, 3.8) is 0 Å². The monoisotopic (exact) mass is 311 g/mol. The van der Waals surface area contributed by atoms with Gasteiger partial charge in [0.25, 0.3) is 0 Å². The predicted octanol–water partition coefficient (Wildman–Crippen LogP) is 3.11. The van der Waals surface area contributed by atoms with E-state index in [1.807, 2.05) is 12.1 Å². The normalized spacial score (nSPS) is 12.6. The molecular formula is C12H14BrN3S. The molecule has 1 unspecified atom stereocenters. The van der Waals surface area contributed by atoms with E-state index >= 15 is 0 Å². The van der Waals surface area contributed by atoms with Gasteiger partial charge in [-0.15, -0.1) is 5.10 Å². The van der Waals surface area contributed by atoms with Gasteiger partial charge < -0.3 is 5.73 Å². The van der Waals surface area contributed by atoms with Gasteiger partial charge in [0.1, 0.15) is 0 Å². The van der Waals surface area contributed by atoms with Crippen LogP contribution in [0, 0.1) is 0 Å². The van der Waals surface area contributed by atoms with Crippen LogP contribution in [0.5, 0.6) is 0 Å². The maximum Gasteiger partial charge on any atom is 0.0801 e. The lowest BCUT2D eigenvalue weighted by molar-refractivity contribution is 0.722. The molecule has 17 heavy (non-hydrogen) atoms. The van der Waals surface area contributed by atoms with Gasteiger partial charge in [-0.2, -0.15) is 0 Å². The first kappa shape index (κ1) is 12.7. The maximum absolute atomic E-state index is 6.20. The largest absolute Gasteiger partial charge is 0.323 e. The highest BCUT2D eigenvalue weighted by atomic mass is 79.9. The number of hydrogen-bond acceptors (Lipinski definition) is 4. The smallest absolute Gasteiger partial charge is 0.0801 e. The van der Waals surface area contributed by atoms with Crippen LogP contribution >= 0.6 is 27.5 Å². The maximum atomic E-state index is 6.20. The number of nitrogens with two attached hydrogens (primary N) is 1. The highest BCUT2D eigenvalue weighted by molar-refractivity contribution is 9.10. The van der Waals surface area contributed by atoms with Crippen LogP contribution in [0.4, 0.5) is 0 Å². The summed E-state index contributed by atoms with van der Waals surface area (Å²) in [4.78, 5) is 1.11. The minimum absolute atomic E-state index is 0.00822. The number of aromatic nitrogens is 2. The Morgan fingerprint density at radius 2 is 2.06 bits per heavy atom. The van der Waals surface area contributed by atoms with Crippen molar-refractivity contribution in [2.45, 2.75) is 25.8 Å². The molecule has 1 aromatic carbocycles. The minimum Gasteiger partial charge on any atom is -0.323 e. The fraction of sp³-hybridized carbons (Fsp3) is 0.333. The van der Waals surface area contributed by atoms with Crippen molar-refractivity contribution in [3.05, 3.63) is 44.9 Å². The van der Waals surface area contributed by atoms with E-state index in [2.05, 4.69) is 44.6 Å². The number of benzene rings is 1. The summed E-state index contributed by atoms with van der Waals surface area (Å²) in [6.07, 6.45) is 1.71. The van der Waals surface area contributed by atoms with E-state index in [9.17, 15) is 0 Å². The highest BCUT2D eigenvalue weighted by Crippen LogP contribution is 2.23. The lowest BCUT2D eigenvalue weighted by Crippen LogP contribution is -2.13. The van der Waals surface area contributed by atoms with Gasteiger partial charge in [0.05, 0.1) is 10.6 Å². The Kier molecular flexibility index (Phi) is 4.25. The molecule has 90 valence electrons. The Balaban J connectivity index is 2.11. The third-order valence-electron chi connectivity index (χ3n) is 2.63. The predicted molar refractivity (Wildman–Crippen MR) is 74.1 cm³/mol. The van der Waals surface area contributed by atoms with E-state index in [1.54, 1.807) is 0 Å². The molecule has 1 heterocycles. The number of hydrogen-bond donors (Lipinski definition) is 1. The molecule has 0 spiro atoms. The fourth-order valence-corrected chi connectivity index (χ4v) is 2.71. The molecule has 0 amide bonds. The summed E-state index contributed by atoms with van der Waals surface area (Å²) in [6.45, 7) is 2.08. The van der Waals surface area contributed by atoms with Crippen molar-refractivity contribution in [2.75, 3.05) is 0 Å². The summed E-state index contributed by atoms with van der Waals surface area (Å²) in [6, 6.07) is 8.24. The zero-order valence-electron chi connectivity index (χ0n) is 9.56. The second-order valence-electron chi connectivity index (χ2n) is 3.87. The minimum atomic E-state index is -0.00822. The van der Waals surface area contributed by atoms with E-state index < -0.39 is 0 Å². The topological polar surface area (TPSA) is 51.8 Å². The Bertz CT molecular complexity index is 481. The third kappa shape index (κ3) is 3.12. The molecule has 0 aliphatic rings. The first-order chi connectivity index (χ1) is 8.20. The first-order valence-corrected chi connectivity index (χ1v) is 7.08. The van der Waals surface area contributed by atoms with E-state index in [0.717, 1.165) is 27.9 Å². The van der Waals surface area contributed by atoms with Gasteiger partial charge in [-0.05, 0) is 42.1 Å². The van der Waals surface area contributed by atoms with Crippen LogP contribution in [-0.2, 0) is 12.8 Å². The number of aryl methyl sites for hydroxylation is 1. The zero-order chi connectivity index (χ0) is 12.3. The van der Waals surface area contributed by atoms with Gasteiger partial charge in [-0.3, -0.25) is 0 Å². The molecule has 0 radical (unpaired) electrons. The molecule has 1 aromatic heterocycles. The van der Waals surface area contributed by atoms with Crippen LogP contribution < -0.4 is 5.73 Å². The summed E-state index contributed by atoms with van der Waals surface area (Å²) in [5, 5.41) is 4.09. The van der Waals surface area contributed by atoms with Gasteiger partial charge in [-0.25, -0.2) is 0 Å². The van der Waals surface area contributed by atoms with E-state index in [0.29, 0.717) is 0 Å². The highest BCUT2D eigenvalue weighted by Gasteiger charge is 2.14. The van der Waals surface area contributed by atoms with Crippen molar-refractivity contribution in [1.29, 1.82) is 0 Å². The van der Waals surface area contributed by atoms with E-state index in [1.165, 1.54) is 17.1 Å². The summed E-state index contributed by atoms with van der Waals surface area (Å²) < 4.78 is 5.06. The van der Waals surface area contributed by atoms with Crippen molar-refractivity contribution in [3.8, 4) is 0 Å². The second-order valence-corrected chi connectivity index (χ2v) is 5.58.